The SMILES string of the molecule is COC1CCN(C(=O)Cn2cccn2)C(CN)C1. The lowest BCUT2D eigenvalue weighted by atomic mass is 9.99. The first kappa shape index (κ1) is 13.0. The largest absolute Gasteiger partial charge is 0.381 e. The molecule has 2 heterocycles. The van der Waals surface area contributed by atoms with Gasteiger partial charge in [-0.2, -0.15) is 5.10 Å². The molecule has 1 aliphatic heterocycles. The van der Waals surface area contributed by atoms with Gasteiger partial charge in [0.2, 0.25) is 5.91 Å². The van der Waals surface area contributed by atoms with Crippen molar-refractivity contribution in [3.8, 4) is 0 Å². The number of nitrogens with two attached hydrogens (primary N) is 1. The molecule has 0 saturated carbocycles. The summed E-state index contributed by atoms with van der Waals surface area (Å²) in [7, 11) is 1.71. The number of ether oxygens (including phenoxy) is 1. The molecule has 0 aliphatic carbocycles. The van der Waals surface area contributed by atoms with E-state index in [9.17, 15) is 4.79 Å². The van der Waals surface area contributed by atoms with E-state index in [0.29, 0.717) is 13.1 Å². The summed E-state index contributed by atoms with van der Waals surface area (Å²) in [6.07, 6.45) is 5.37. The number of carbonyl (C=O) groups is 1. The zero-order valence-corrected chi connectivity index (χ0v) is 10.7. The molecule has 0 spiro atoms. The average Bonchev–Trinajstić information content (AvgIpc) is 2.90. The summed E-state index contributed by atoms with van der Waals surface area (Å²) in [5.74, 6) is 0.0729. The Balaban J connectivity index is 1.96. The Morgan fingerprint density at radius 3 is 3.06 bits per heavy atom. The predicted molar refractivity (Wildman–Crippen MR) is 66.8 cm³/mol. The number of nitrogens with zero attached hydrogens (tertiary/aromatic N) is 3. The van der Waals surface area contributed by atoms with Crippen LogP contribution in [0.1, 0.15) is 12.8 Å². The Bertz CT molecular complexity index is 379. The van der Waals surface area contributed by atoms with Crippen LogP contribution in [-0.4, -0.2) is 52.9 Å². The van der Waals surface area contributed by atoms with Crippen molar-refractivity contribution in [2.24, 2.45) is 5.73 Å². The van der Waals surface area contributed by atoms with E-state index in [1.54, 1.807) is 24.2 Å². The zero-order chi connectivity index (χ0) is 13.0. The van der Waals surface area contributed by atoms with Crippen LogP contribution in [0.3, 0.4) is 0 Å². The monoisotopic (exact) mass is 252 g/mol. The summed E-state index contributed by atoms with van der Waals surface area (Å²) in [5.41, 5.74) is 5.75. The van der Waals surface area contributed by atoms with Crippen molar-refractivity contribution in [2.75, 3.05) is 20.2 Å². The fourth-order valence-electron chi connectivity index (χ4n) is 2.40. The van der Waals surface area contributed by atoms with E-state index in [0.717, 1.165) is 12.8 Å². The summed E-state index contributed by atoms with van der Waals surface area (Å²) in [5, 5.41) is 4.05. The number of hydrogen-bond donors (Lipinski definition) is 1. The van der Waals surface area contributed by atoms with Crippen molar-refractivity contribution < 1.29 is 9.53 Å². The third-order valence-electron chi connectivity index (χ3n) is 3.45. The lowest BCUT2D eigenvalue weighted by Gasteiger charge is -2.38. The number of amides is 1. The molecule has 1 saturated heterocycles. The van der Waals surface area contributed by atoms with Crippen molar-refractivity contribution in [3.05, 3.63) is 18.5 Å². The highest BCUT2D eigenvalue weighted by atomic mass is 16.5. The standard InChI is InChI=1S/C12H20N4O2/c1-18-11-3-6-16(10(7-11)8-13)12(17)9-15-5-2-4-14-15/h2,4-5,10-11H,3,6-9,13H2,1H3. The van der Waals surface area contributed by atoms with Gasteiger partial charge in [-0.25, -0.2) is 0 Å². The molecule has 18 heavy (non-hydrogen) atoms. The molecule has 0 aromatic carbocycles. The number of carbonyl (C=O) groups excluding carboxylic acids is 1. The van der Waals surface area contributed by atoms with Gasteiger partial charge in [0.1, 0.15) is 6.54 Å². The summed E-state index contributed by atoms with van der Waals surface area (Å²) in [4.78, 5) is 14.1. The molecule has 1 amide bonds. The predicted octanol–water partition coefficient (Wildman–Crippen LogP) is -0.152. The molecule has 2 unspecified atom stereocenters. The molecule has 6 heteroatoms. The van der Waals surface area contributed by atoms with Crippen LogP contribution in [0.2, 0.25) is 0 Å². The van der Waals surface area contributed by atoms with E-state index >= 15 is 0 Å². The van der Waals surface area contributed by atoms with Gasteiger partial charge in [-0.05, 0) is 18.9 Å². The van der Waals surface area contributed by atoms with Gasteiger partial charge in [0, 0.05) is 38.6 Å². The van der Waals surface area contributed by atoms with Crippen molar-refractivity contribution in [3.63, 3.8) is 0 Å². The molecule has 1 aromatic heterocycles. The molecular weight excluding hydrogens is 232 g/mol. The molecule has 100 valence electrons. The molecular formula is C12H20N4O2. The molecule has 2 N–H and O–H groups in total. The van der Waals surface area contributed by atoms with E-state index in [4.69, 9.17) is 10.5 Å². The average molecular weight is 252 g/mol. The van der Waals surface area contributed by atoms with E-state index < -0.39 is 0 Å². The third-order valence-corrected chi connectivity index (χ3v) is 3.45. The lowest BCUT2D eigenvalue weighted by Crippen LogP contribution is -2.52. The second kappa shape index (κ2) is 5.97. The minimum atomic E-state index is 0.0729. The van der Waals surface area contributed by atoms with E-state index in [1.165, 1.54) is 0 Å². The van der Waals surface area contributed by atoms with Crippen LogP contribution in [0.25, 0.3) is 0 Å². The van der Waals surface area contributed by atoms with Crippen LogP contribution in [0.4, 0.5) is 0 Å². The van der Waals surface area contributed by atoms with Crippen molar-refractivity contribution in [1.82, 2.24) is 14.7 Å². The van der Waals surface area contributed by atoms with Gasteiger partial charge in [0.15, 0.2) is 0 Å². The first-order valence-corrected chi connectivity index (χ1v) is 6.24. The second-order valence-corrected chi connectivity index (χ2v) is 4.56. The molecule has 0 radical (unpaired) electrons. The lowest BCUT2D eigenvalue weighted by molar-refractivity contribution is -0.137. The molecule has 2 atom stereocenters. The quantitative estimate of drug-likeness (QED) is 0.808. The third kappa shape index (κ3) is 2.88. The van der Waals surface area contributed by atoms with Crippen LogP contribution < -0.4 is 5.73 Å². The molecule has 0 bridgehead atoms. The summed E-state index contributed by atoms with van der Waals surface area (Å²) >= 11 is 0. The summed E-state index contributed by atoms with van der Waals surface area (Å²) in [6, 6.07) is 1.89. The Morgan fingerprint density at radius 2 is 2.44 bits per heavy atom. The molecule has 1 aromatic rings. The minimum absolute atomic E-state index is 0.0729. The van der Waals surface area contributed by atoms with Gasteiger partial charge in [-0.15, -0.1) is 0 Å². The Hall–Kier alpha value is -1.40. The van der Waals surface area contributed by atoms with Gasteiger partial charge < -0.3 is 15.4 Å². The maximum atomic E-state index is 12.2. The van der Waals surface area contributed by atoms with E-state index in [2.05, 4.69) is 5.10 Å². The normalized spacial score (nSPS) is 24.2. The smallest absolute Gasteiger partial charge is 0.244 e. The number of likely N-dealkylation sites (tertiary alicyclic amines) is 1. The van der Waals surface area contributed by atoms with Crippen LogP contribution in [-0.2, 0) is 16.1 Å². The minimum Gasteiger partial charge on any atom is -0.381 e. The van der Waals surface area contributed by atoms with Gasteiger partial charge in [-0.3, -0.25) is 9.48 Å². The Kier molecular flexibility index (Phi) is 4.33. The van der Waals surface area contributed by atoms with E-state index in [1.807, 2.05) is 11.0 Å². The van der Waals surface area contributed by atoms with Crippen LogP contribution in [0.15, 0.2) is 18.5 Å². The van der Waals surface area contributed by atoms with E-state index in [-0.39, 0.29) is 24.6 Å². The molecule has 1 aliphatic rings. The number of hydrogen-bond acceptors (Lipinski definition) is 4. The highest BCUT2D eigenvalue weighted by molar-refractivity contribution is 5.76. The van der Waals surface area contributed by atoms with Crippen molar-refractivity contribution in [2.45, 2.75) is 31.5 Å². The van der Waals surface area contributed by atoms with Crippen LogP contribution in [0.5, 0.6) is 0 Å². The number of piperidine rings is 1. The van der Waals surface area contributed by atoms with Gasteiger partial charge in [0.05, 0.1) is 6.10 Å². The Morgan fingerprint density at radius 1 is 1.61 bits per heavy atom. The van der Waals surface area contributed by atoms with Crippen molar-refractivity contribution in [1.29, 1.82) is 0 Å². The molecule has 6 nitrogen and oxygen atoms in total. The summed E-state index contributed by atoms with van der Waals surface area (Å²) in [6.45, 7) is 1.46. The topological polar surface area (TPSA) is 73.4 Å². The van der Waals surface area contributed by atoms with Gasteiger partial charge in [-0.1, -0.05) is 0 Å². The fourth-order valence-corrected chi connectivity index (χ4v) is 2.40. The van der Waals surface area contributed by atoms with Crippen molar-refractivity contribution >= 4 is 5.91 Å². The highest BCUT2D eigenvalue weighted by Crippen LogP contribution is 2.19. The maximum Gasteiger partial charge on any atom is 0.244 e. The zero-order valence-electron chi connectivity index (χ0n) is 10.7. The fraction of sp³-hybridized carbons (Fsp3) is 0.667. The second-order valence-electron chi connectivity index (χ2n) is 4.56. The first-order chi connectivity index (χ1) is 8.74. The Labute approximate surface area is 107 Å². The molecule has 2 rings (SSSR count). The van der Waals surface area contributed by atoms with Crippen LogP contribution in [0, 0.1) is 0 Å². The molecule has 1 fully saturated rings. The first-order valence-electron chi connectivity index (χ1n) is 6.24. The van der Waals surface area contributed by atoms with Crippen LogP contribution >= 0.6 is 0 Å². The number of methoxy groups -OCH3 is 1. The maximum absolute atomic E-state index is 12.2. The van der Waals surface area contributed by atoms with Gasteiger partial charge >= 0.3 is 0 Å². The highest BCUT2D eigenvalue weighted by Gasteiger charge is 2.30. The summed E-state index contributed by atoms with van der Waals surface area (Å²) < 4.78 is 6.98. The van der Waals surface area contributed by atoms with Gasteiger partial charge in [0.25, 0.3) is 0 Å². The number of aromatic nitrogens is 2. The number of rotatable bonds is 4.